The van der Waals surface area contributed by atoms with Crippen LogP contribution in [0.2, 0.25) is 0 Å². The highest BCUT2D eigenvalue weighted by Crippen LogP contribution is 2.25. The minimum absolute atomic E-state index is 0.0782. The number of amides is 1. The molecule has 1 N–H and O–H groups in total. The zero-order valence-electron chi connectivity index (χ0n) is 12.1. The lowest BCUT2D eigenvalue weighted by Crippen LogP contribution is -2.41. The van der Waals surface area contributed by atoms with Gasteiger partial charge in [0.2, 0.25) is 0 Å². The molecule has 3 heteroatoms. The molecule has 0 saturated heterocycles. The van der Waals surface area contributed by atoms with Crippen LogP contribution in [0.25, 0.3) is 0 Å². The smallest absolute Gasteiger partial charge is 0.253 e. The van der Waals surface area contributed by atoms with E-state index in [2.05, 4.69) is 11.8 Å². The zero-order valence-corrected chi connectivity index (χ0v) is 12.1. The van der Waals surface area contributed by atoms with Gasteiger partial charge in [0.1, 0.15) is 0 Å². The number of nitrogens with zero attached hydrogens (tertiary/aromatic N) is 1. The van der Waals surface area contributed by atoms with Gasteiger partial charge in [-0.05, 0) is 49.9 Å². The molecule has 0 atom stereocenters. The average molecular weight is 271 g/mol. The maximum Gasteiger partial charge on any atom is 0.253 e. The van der Waals surface area contributed by atoms with Crippen molar-refractivity contribution < 1.29 is 9.90 Å². The van der Waals surface area contributed by atoms with Crippen LogP contribution < -0.4 is 0 Å². The van der Waals surface area contributed by atoms with E-state index in [9.17, 15) is 4.79 Å². The largest absolute Gasteiger partial charge is 0.395 e. The van der Waals surface area contributed by atoms with Gasteiger partial charge < -0.3 is 10.0 Å². The van der Waals surface area contributed by atoms with Gasteiger partial charge in [0.05, 0.1) is 6.61 Å². The summed E-state index contributed by atoms with van der Waals surface area (Å²) in [4.78, 5) is 14.2. The summed E-state index contributed by atoms with van der Waals surface area (Å²) in [6.07, 6.45) is 3.93. The fraction of sp³-hybridized carbons (Fsp3) is 0.471. The van der Waals surface area contributed by atoms with Crippen molar-refractivity contribution in [3.63, 3.8) is 0 Å². The highest BCUT2D eigenvalue weighted by Gasteiger charge is 2.26. The minimum atomic E-state index is 0.0782. The third-order valence-electron chi connectivity index (χ3n) is 3.88. The summed E-state index contributed by atoms with van der Waals surface area (Å²) in [5, 5.41) is 8.72. The van der Waals surface area contributed by atoms with Gasteiger partial charge in [-0.2, -0.15) is 0 Å². The van der Waals surface area contributed by atoms with Gasteiger partial charge in [-0.3, -0.25) is 4.79 Å². The maximum absolute atomic E-state index is 12.4. The molecule has 0 heterocycles. The molecule has 20 heavy (non-hydrogen) atoms. The summed E-state index contributed by atoms with van der Waals surface area (Å²) in [5.41, 5.74) is 2.65. The number of rotatable bonds is 3. The summed E-state index contributed by atoms with van der Waals surface area (Å²) in [7, 11) is 1.89. The first-order chi connectivity index (χ1) is 9.63. The number of benzene rings is 1. The van der Waals surface area contributed by atoms with Crippen LogP contribution in [0.3, 0.4) is 0 Å². The predicted molar refractivity (Wildman–Crippen MR) is 79.5 cm³/mol. The van der Waals surface area contributed by atoms with Crippen LogP contribution >= 0.6 is 0 Å². The van der Waals surface area contributed by atoms with Gasteiger partial charge in [-0.25, -0.2) is 0 Å². The van der Waals surface area contributed by atoms with E-state index in [-0.39, 0.29) is 12.5 Å². The lowest BCUT2D eigenvalue weighted by molar-refractivity contribution is 0.0652. The number of hydrogen-bond acceptors (Lipinski definition) is 2. The third kappa shape index (κ3) is 3.20. The monoisotopic (exact) mass is 271 g/mol. The Morgan fingerprint density at radius 1 is 1.45 bits per heavy atom. The number of carbonyl (C=O) groups is 1. The van der Waals surface area contributed by atoms with Crippen LogP contribution in [0.15, 0.2) is 18.2 Å². The molecule has 2 rings (SSSR count). The Morgan fingerprint density at radius 3 is 2.75 bits per heavy atom. The van der Waals surface area contributed by atoms with Crippen molar-refractivity contribution in [2.75, 3.05) is 13.7 Å². The van der Waals surface area contributed by atoms with Crippen molar-refractivity contribution in [1.29, 1.82) is 0 Å². The minimum Gasteiger partial charge on any atom is -0.395 e. The van der Waals surface area contributed by atoms with E-state index in [1.807, 2.05) is 37.1 Å². The summed E-state index contributed by atoms with van der Waals surface area (Å²) in [6.45, 7) is 2.04. The van der Waals surface area contributed by atoms with E-state index >= 15 is 0 Å². The second-order valence-corrected chi connectivity index (χ2v) is 5.31. The Labute approximate surface area is 120 Å². The van der Waals surface area contributed by atoms with Crippen molar-refractivity contribution in [2.45, 2.75) is 38.6 Å². The molecule has 0 unspecified atom stereocenters. The molecular weight excluding hydrogens is 250 g/mol. The van der Waals surface area contributed by atoms with E-state index in [0.29, 0.717) is 12.5 Å². The van der Waals surface area contributed by atoms with E-state index in [4.69, 9.17) is 5.11 Å². The third-order valence-corrected chi connectivity index (χ3v) is 3.88. The van der Waals surface area contributed by atoms with Crippen molar-refractivity contribution >= 4 is 5.91 Å². The first-order valence-corrected chi connectivity index (χ1v) is 7.11. The Morgan fingerprint density at radius 2 is 2.20 bits per heavy atom. The summed E-state index contributed by atoms with van der Waals surface area (Å²) in [5.74, 6) is 6.01. The van der Waals surface area contributed by atoms with Crippen LogP contribution in [0.4, 0.5) is 0 Å². The summed E-state index contributed by atoms with van der Waals surface area (Å²) < 4.78 is 0. The molecular formula is C17H21NO2. The SMILES string of the molecule is Cc1cc(C(=O)N(C)C2CCC2)ccc1C#CCCO. The first-order valence-electron chi connectivity index (χ1n) is 7.11. The molecule has 106 valence electrons. The Bertz CT molecular complexity index is 550. The zero-order chi connectivity index (χ0) is 14.5. The molecule has 1 aromatic rings. The summed E-state index contributed by atoms with van der Waals surface area (Å²) >= 11 is 0. The maximum atomic E-state index is 12.4. The van der Waals surface area contributed by atoms with E-state index in [1.54, 1.807) is 0 Å². The molecule has 1 aliphatic rings. The predicted octanol–water partition coefficient (Wildman–Crippen LogP) is 2.35. The second kappa shape index (κ2) is 6.58. The Kier molecular flexibility index (Phi) is 4.81. The van der Waals surface area contributed by atoms with Crippen LogP contribution in [0.5, 0.6) is 0 Å². The van der Waals surface area contributed by atoms with Gasteiger partial charge in [0, 0.05) is 30.6 Å². The fourth-order valence-electron chi connectivity index (χ4n) is 2.29. The molecule has 0 aromatic heterocycles. The molecule has 0 radical (unpaired) electrons. The van der Waals surface area contributed by atoms with Crippen molar-refractivity contribution in [3.8, 4) is 11.8 Å². The lowest BCUT2D eigenvalue weighted by Gasteiger charge is -2.34. The molecule has 1 aliphatic carbocycles. The number of aliphatic hydroxyl groups is 1. The fourth-order valence-corrected chi connectivity index (χ4v) is 2.29. The quantitative estimate of drug-likeness (QED) is 0.857. The lowest BCUT2D eigenvalue weighted by atomic mass is 9.91. The topological polar surface area (TPSA) is 40.5 Å². The van der Waals surface area contributed by atoms with Crippen LogP contribution in [0, 0.1) is 18.8 Å². The summed E-state index contributed by atoms with van der Waals surface area (Å²) in [6, 6.07) is 6.04. The normalized spacial score (nSPS) is 14.2. The molecule has 0 aliphatic heterocycles. The molecule has 0 spiro atoms. The van der Waals surface area contributed by atoms with Crippen molar-refractivity contribution in [3.05, 3.63) is 34.9 Å². The van der Waals surface area contributed by atoms with Crippen molar-refractivity contribution in [2.24, 2.45) is 0 Å². The van der Waals surface area contributed by atoms with E-state index in [0.717, 1.165) is 29.5 Å². The molecule has 0 bridgehead atoms. The Balaban J connectivity index is 2.12. The van der Waals surface area contributed by atoms with Crippen LogP contribution in [0.1, 0.15) is 47.2 Å². The molecule has 1 amide bonds. The molecule has 1 fully saturated rings. The van der Waals surface area contributed by atoms with Gasteiger partial charge >= 0.3 is 0 Å². The Hall–Kier alpha value is -1.79. The average Bonchev–Trinajstić information content (AvgIpc) is 2.38. The second-order valence-electron chi connectivity index (χ2n) is 5.31. The number of carbonyl (C=O) groups excluding carboxylic acids is 1. The van der Waals surface area contributed by atoms with Crippen LogP contribution in [-0.4, -0.2) is 35.6 Å². The number of aryl methyl sites for hydroxylation is 1. The van der Waals surface area contributed by atoms with Gasteiger partial charge in [-0.1, -0.05) is 11.8 Å². The molecule has 1 saturated carbocycles. The van der Waals surface area contributed by atoms with Gasteiger partial charge in [-0.15, -0.1) is 0 Å². The molecule has 1 aromatic carbocycles. The number of hydrogen-bond donors (Lipinski definition) is 1. The van der Waals surface area contributed by atoms with E-state index in [1.165, 1.54) is 6.42 Å². The number of aliphatic hydroxyl groups excluding tert-OH is 1. The standard InChI is InChI=1S/C17H21NO2/c1-13-12-15(10-9-14(13)6-3-4-11-19)17(20)18(2)16-7-5-8-16/h9-10,12,16,19H,4-5,7-8,11H2,1-2H3. The van der Waals surface area contributed by atoms with Gasteiger partial charge in [0.25, 0.3) is 5.91 Å². The molecule has 3 nitrogen and oxygen atoms in total. The van der Waals surface area contributed by atoms with E-state index < -0.39 is 0 Å². The highest BCUT2D eigenvalue weighted by atomic mass is 16.2. The van der Waals surface area contributed by atoms with Gasteiger partial charge in [0.15, 0.2) is 0 Å². The van der Waals surface area contributed by atoms with Crippen molar-refractivity contribution in [1.82, 2.24) is 4.90 Å². The highest BCUT2D eigenvalue weighted by molar-refractivity contribution is 5.94. The first kappa shape index (κ1) is 14.6. The van der Waals surface area contributed by atoms with Crippen LogP contribution in [-0.2, 0) is 0 Å².